The van der Waals surface area contributed by atoms with Crippen LogP contribution in [0.3, 0.4) is 0 Å². The van der Waals surface area contributed by atoms with Gasteiger partial charge in [-0.05, 0) is 19.1 Å². The maximum absolute atomic E-state index is 12.2. The van der Waals surface area contributed by atoms with Crippen LogP contribution < -0.4 is 5.56 Å². The number of carbonyl (C=O) groups is 1. The van der Waals surface area contributed by atoms with Gasteiger partial charge in [0.1, 0.15) is 5.65 Å². The first-order chi connectivity index (χ1) is 10.6. The number of pyridine rings is 1. The summed E-state index contributed by atoms with van der Waals surface area (Å²) in [5.41, 5.74) is 2.21. The van der Waals surface area contributed by atoms with E-state index in [9.17, 15) is 9.59 Å². The van der Waals surface area contributed by atoms with Gasteiger partial charge in [0.05, 0.1) is 12.1 Å². The smallest absolute Gasteiger partial charge is 0.309 e. The summed E-state index contributed by atoms with van der Waals surface area (Å²) in [4.78, 5) is 27.1. The molecule has 0 spiro atoms. The maximum Gasteiger partial charge on any atom is 0.309 e. The normalized spacial score (nSPS) is 11.0. The van der Waals surface area contributed by atoms with Crippen molar-refractivity contribution in [3.8, 4) is 11.3 Å². The number of nitrogens with zero attached hydrogens (tertiary/aromatic N) is 4. The van der Waals surface area contributed by atoms with Crippen molar-refractivity contribution in [3.63, 3.8) is 0 Å². The molecule has 0 saturated carbocycles. The van der Waals surface area contributed by atoms with Crippen molar-refractivity contribution in [3.05, 3.63) is 52.7 Å². The number of hydrogen-bond acceptors (Lipinski definition) is 4. The fraction of sp³-hybridized carbons (Fsp3) is 0.200. The SMILES string of the molecule is CCn1c(CC(=O)O)cc(=O)n2nc(-c3ccncc3)cc12. The molecule has 3 aromatic heterocycles. The van der Waals surface area contributed by atoms with Gasteiger partial charge in [0.15, 0.2) is 0 Å². The van der Waals surface area contributed by atoms with Crippen LogP contribution in [0, 0.1) is 0 Å². The number of aromatic nitrogens is 4. The summed E-state index contributed by atoms with van der Waals surface area (Å²) in [5, 5.41) is 13.3. The summed E-state index contributed by atoms with van der Waals surface area (Å²) in [5.74, 6) is -0.972. The molecular formula is C15H14N4O3. The molecule has 0 aliphatic rings. The molecule has 0 amide bonds. The van der Waals surface area contributed by atoms with Gasteiger partial charge in [-0.2, -0.15) is 9.61 Å². The molecule has 0 fully saturated rings. The zero-order valence-electron chi connectivity index (χ0n) is 11.9. The van der Waals surface area contributed by atoms with Crippen LogP contribution in [-0.2, 0) is 17.8 Å². The van der Waals surface area contributed by atoms with Crippen LogP contribution in [0.2, 0.25) is 0 Å². The van der Waals surface area contributed by atoms with Crippen molar-refractivity contribution in [2.45, 2.75) is 19.9 Å². The van der Waals surface area contributed by atoms with Gasteiger partial charge < -0.3 is 9.67 Å². The highest BCUT2D eigenvalue weighted by Gasteiger charge is 2.14. The van der Waals surface area contributed by atoms with E-state index in [0.717, 1.165) is 5.56 Å². The lowest BCUT2D eigenvalue weighted by molar-refractivity contribution is -0.136. The van der Waals surface area contributed by atoms with E-state index in [1.165, 1.54) is 10.6 Å². The fourth-order valence-corrected chi connectivity index (χ4v) is 2.48. The molecule has 0 unspecified atom stereocenters. The quantitative estimate of drug-likeness (QED) is 0.782. The Morgan fingerprint density at radius 2 is 2.00 bits per heavy atom. The average molecular weight is 298 g/mol. The molecule has 112 valence electrons. The summed E-state index contributed by atoms with van der Waals surface area (Å²) >= 11 is 0. The number of aliphatic carboxylic acids is 1. The van der Waals surface area contributed by atoms with Gasteiger partial charge in [0.25, 0.3) is 5.56 Å². The Bertz CT molecular complexity index is 896. The van der Waals surface area contributed by atoms with E-state index in [0.29, 0.717) is 23.6 Å². The second kappa shape index (κ2) is 5.44. The third kappa shape index (κ3) is 2.37. The molecule has 3 rings (SSSR count). The molecule has 0 atom stereocenters. The van der Waals surface area contributed by atoms with Gasteiger partial charge >= 0.3 is 5.97 Å². The highest BCUT2D eigenvalue weighted by atomic mass is 16.4. The highest BCUT2D eigenvalue weighted by Crippen LogP contribution is 2.19. The Labute approximate surface area is 125 Å². The summed E-state index contributed by atoms with van der Waals surface area (Å²) in [6.07, 6.45) is 3.11. The Morgan fingerprint density at radius 1 is 1.27 bits per heavy atom. The van der Waals surface area contributed by atoms with Gasteiger partial charge in [0, 0.05) is 42.3 Å². The molecular weight excluding hydrogens is 284 g/mol. The molecule has 22 heavy (non-hydrogen) atoms. The number of rotatable bonds is 4. The van der Waals surface area contributed by atoms with Crippen LogP contribution in [0.25, 0.3) is 16.9 Å². The molecule has 0 aliphatic carbocycles. The number of aryl methyl sites for hydroxylation is 1. The maximum atomic E-state index is 12.2. The van der Waals surface area contributed by atoms with Crippen molar-refractivity contribution in [2.24, 2.45) is 0 Å². The standard InChI is InChI=1S/C15H14N4O3/c1-2-18-11(8-15(21)22)7-14(20)19-13(18)9-12(17-19)10-3-5-16-6-4-10/h3-7,9H,2,8H2,1H3,(H,21,22). The first kappa shape index (κ1) is 14.0. The van der Waals surface area contributed by atoms with E-state index in [-0.39, 0.29) is 12.0 Å². The van der Waals surface area contributed by atoms with Gasteiger partial charge in [-0.1, -0.05) is 0 Å². The van der Waals surface area contributed by atoms with Crippen LogP contribution in [-0.4, -0.2) is 30.2 Å². The minimum absolute atomic E-state index is 0.199. The Morgan fingerprint density at radius 3 is 2.64 bits per heavy atom. The number of fused-ring (bicyclic) bond motifs is 1. The van der Waals surface area contributed by atoms with E-state index in [4.69, 9.17) is 5.11 Å². The lowest BCUT2D eigenvalue weighted by Gasteiger charge is -2.11. The van der Waals surface area contributed by atoms with E-state index in [2.05, 4.69) is 10.1 Å². The molecule has 0 aromatic carbocycles. The minimum Gasteiger partial charge on any atom is -0.481 e. The van der Waals surface area contributed by atoms with Gasteiger partial charge in [-0.25, -0.2) is 0 Å². The lowest BCUT2D eigenvalue weighted by Crippen LogP contribution is -2.22. The molecule has 7 heteroatoms. The second-order valence-corrected chi connectivity index (χ2v) is 4.82. The predicted octanol–water partition coefficient (Wildman–Crippen LogP) is 1.20. The summed E-state index contributed by atoms with van der Waals surface area (Å²) in [6.45, 7) is 2.45. The van der Waals surface area contributed by atoms with Crippen molar-refractivity contribution < 1.29 is 9.90 Å². The zero-order chi connectivity index (χ0) is 15.7. The largest absolute Gasteiger partial charge is 0.481 e. The van der Waals surface area contributed by atoms with Crippen LogP contribution in [0.5, 0.6) is 0 Å². The molecule has 0 bridgehead atoms. The molecule has 3 aromatic rings. The van der Waals surface area contributed by atoms with Crippen molar-refractivity contribution >= 4 is 11.6 Å². The summed E-state index contributed by atoms with van der Waals surface area (Å²) in [6, 6.07) is 6.72. The van der Waals surface area contributed by atoms with E-state index in [1.807, 2.05) is 6.92 Å². The van der Waals surface area contributed by atoms with Crippen molar-refractivity contribution in [2.75, 3.05) is 0 Å². The first-order valence-corrected chi connectivity index (χ1v) is 6.85. The minimum atomic E-state index is -0.972. The zero-order valence-corrected chi connectivity index (χ0v) is 11.9. The second-order valence-electron chi connectivity index (χ2n) is 4.82. The average Bonchev–Trinajstić information content (AvgIpc) is 2.93. The summed E-state index contributed by atoms with van der Waals surface area (Å²) < 4.78 is 3.08. The lowest BCUT2D eigenvalue weighted by atomic mass is 10.2. The van der Waals surface area contributed by atoms with Gasteiger partial charge in [0.2, 0.25) is 0 Å². The third-order valence-electron chi connectivity index (χ3n) is 3.44. The first-order valence-electron chi connectivity index (χ1n) is 6.85. The number of carboxylic acids is 1. The van der Waals surface area contributed by atoms with E-state index in [1.54, 1.807) is 35.2 Å². The number of hydrogen-bond donors (Lipinski definition) is 1. The topological polar surface area (TPSA) is 89.5 Å². The van der Waals surface area contributed by atoms with Crippen LogP contribution in [0.1, 0.15) is 12.6 Å². The third-order valence-corrected chi connectivity index (χ3v) is 3.44. The fourth-order valence-electron chi connectivity index (χ4n) is 2.48. The van der Waals surface area contributed by atoms with Crippen molar-refractivity contribution in [1.82, 2.24) is 19.2 Å². The Balaban J connectivity index is 2.25. The molecule has 7 nitrogen and oxygen atoms in total. The van der Waals surface area contributed by atoms with Crippen LogP contribution >= 0.6 is 0 Å². The van der Waals surface area contributed by atoms with E-state index >= 15 is 0 Å². The monoisotopic (exact) mass is 298 g/mol. The van der Waals surface area contributed by atoms with Gasteiger partial charge in [-0.3, -0.25) is 14.6 Å². The highest BCUT2D eigenvalue weighted by molar-refractivity contribution is 5.70. The summed E-state index contributed by atoms with van der Waals surface area (Å²) in [7, 11) is 0. The predicted molar refractivity (Wildman–Crippen MR) is 79.7 cm³/mol. The van der Waals surface area contributed by atoms with Crippen LogP contribution in [0.4, 0.5) is 0 Å². The number of carboxylic acid groups (broad SMARTS) is 1. The Hall–Kier alpha value is -2.96. The van der Waals surface area contributed by atoms with Crippen LogP contribution in [0.15, 0.2) is 41.5 Å². The molecule has 1 N–H and O–H groups in total. The van der Waals surface area contributed by atoms with Crippen molar-refractivity contribution in [1.29, 1.82) is 0 Å². The molecule has 0 aliphatic heterocycles. The van der Waals surface area contributed by atoms with Gasteiger partial charge in [-0.15, -0.1) is 0 Å². The molecule has 3 heterocycles. The molecule has 0 radical (unpaired) electrons. The Kier molecular flexibility index (Phi) is 3.46. The van der Waals surface area contributed by atoms with E-state index < -0.39 is 5.97 Å². The molecule has 0 saturated heterocycles.